The lowest BCUT2D eigenvalue weighted by atomic mass is 10.0. The summed E-state index contributed by atoms with van der Waals surface area (Å²) in [6, 6.07) is -0.578. The number of nitrogens with one attached hydrogen (secondary N) is 2. The summed E-state index contributed by atoms with van der Waals surface area (Å²) in [5.41, 5.74) is -0.239. The molecule has 98 valence electrons. The average Bonchev–Trinajstić information content (AvgIpc) is 3.01. The van der Waals surface area contributed by atoms with Gasteiger partial charge in [-0.15, -0.1) is 0 Å². The Morgan fingerprint density at radius 2 is 2.00 bits per heavy atom. The number of rotatable bonds is 7. The number of carboxylic acid groups (broad SMARTS) is 1. The lowest BCUT2D eigenvalue weighted by Crippen LogP contribution is -2.49. The molecule has 0 aliphatic heterocycles. The molecule has 5 nitrogen and oxygen atoms in total. The van der Waals surface area contributed by atoms with Crippen molar-refractivity contribution >= 4 is 11.9 Å². The van der Waals surface area contributed by atoms with Crippen LogP contribution in [-0.4, -0.2) is 35.1 Å². The normalized spacial score (nSPS) is 17.6. The number of amides is 1. The highest BCUT2D eigenvalue weighted by Gasteiger charge is 2.36. The first-order valence-corrected chi connectivity index (χ1v) is 6.13. The number of carbonyl (C=O) groups is 2. The first-order chi connectivity index (χ1) is 7.85. The first kappa shape index (κ1) is 14.0. The minimum atomic E-state index is -0.866. The van der Waals surface area contributed by atoms with E-state index in [-0.39, 0.29) is 23.9 Å². The van der Waals surface area contributed by atoms with Crippen molar-refractivity contribution in [1.29, 1.82) is 0 Å². The van der Waals surface area contributed by atoms with Crippen molar-refractivity contribution in [2.24, 2.45) is 5.92 Å². The van der Waals surface area contributed by atoms with Gasteiger partial charge in [0.2, 0.25) is 5.91 Å². The smallest absolute Gasteiger partial charge is 0.320 e. The van der Waals surface area contributed by atoms with E-state index in [9.17, 15) is 9.59 Å². The number of hydrogen-bond acceptors (Lipinski definition) is 3. The molecule has 0 aromatic heterocycles. The van der Waals surface area contributed by atoms with Gasteiger partial charge < -0.3 is 10.4 Å². The fraction of sp³-hybridized carbons (Fsp3) is 0.833. The monoisotopic (exact) mass is 242 g/mol. The van der Waals surface area contributed by atoms with Crippen molar-refractivity contribution in [3.05, 3.63) is 0 Å². The minimum Gasteiger partial charge on any atom is -0.480 e. The van der Waals surface area contributed by atoms with E-state index in [0.29, 0.717) is 0 Å². The average molecular weight is 242 g/mol. The van der Waals surface area contributed by atoms with Crippen LogP contribution in [0.5, 0.6) is 0 Å². The second-order valence-electron chi connectivity index (χ2n) is 5.32. The maximum absolute atomic E-state index is 11.6. The van der Waals surface area contributed by atoms with Gasteiger partial charge in [-0.05, 0) is 39.0 Å². The largest absolute Gasteiger partial charge is 0.480 e. The maximum Gasteiger partial charge on any atom is 0.320 e. The van der Waals surface area contributed by atoms with Crippen molar-refractivity contribution in [3.8, 4) is 0 Å². The molecule has 3 N–H and O–H groups in total. The van der Waals surface area contributed by atoms with Crippen LogP contribution in [0.2, 0.25) is 0 Å². The first-order valence-electron chi connectivity index (χ1n) is 6.13. The predicted molar refractivity (Wildman–Crippen MR) is 64.7 cm³/mol. The molecule has 0 radical (unpaired) electrons. The fourth-order valence-electron chi connectivity index (χ4n) is 1.60. The second-order valence-corrected chi connectivity index (χ2v) is 5.32. The van der Waals surface area contributed by atoms with E-state index in [1.807, 2.05) is 20.8 Å². The van der Waals surface area contributed by atoms with Gasteiger partial charge in [0.05, 0.1) is 6.54 Å². The highest BCUT2D eigenvalue weighted by Crippen LogP contribution is 2.32. The molecule has 1 fully saturated rings. The summed E-state index contributed by atoms with van der Waals surface area (Å²) in [6.07, 6.45) is 2.71. The Morgan fingerprint density at radius 1 is 1.41 bits per heavy atom. The van der Waals surface area contributed by atoms with Crippen molar-refractivity contribution in [2.75, 3.05) is 6.54 Å². The van der Waals surface area contributed by atoms with E-state index in [1.54, 1.807) is 0 Å². The van der Waals surface area contributed by atoms with Crippen LogP contribution < -0.4 is 10.6 Å². The van der Waals surface area contributed by atoms with E-state index in [1.165, 1.54) is 0 Å². The summed E-state index contributed by atoms with van der Waals surface area (Å²) in [6.45, 7) is 5.95. The second kappa shape index (κ2) is 5.49. The molecule has 0 saturated heterocycles. The maximum atomic E-state index is 11.6. The highest BCUT2D eigenvalue weighted by atomic mass is 16.4. The zero-order valence-corrected chi connectivity index (χ0v) is 10.7. The van der Waals surface area contributed by atoms with E-state index in [0.717, 1.165) is 19.3 Å². The highest BCUT2D eigenvalue weighted by molar-refractivity contribution is 5.80. The number of hydrogen-bond donors (Lipinski definition) is 3. The molecule has 0 aromatic rings. The molecular formula is C12H22N2O3. The van der Waals surface area contributed by atoms with Crippen molar-refractivity contribution in [2.45, 2.75) is 51.6 Å². The molecule has 0 bridgehead atoms. The molecule has 1 unspecified atom stereocenters. The van der Waals surface area contributed by atoms with Crippen LogP contribution >= 0.6 is 0 Å². The van der Waals surface area contributed by atoms with Crippen LogP contribution in [0.15, 0.2) is 0 Å². The molecule has 0 spiro atoms. The van der Waals surface area contributed by atoms with Crippen molar-refractivity contribution in [1.82, 2.24) is 10.6 Å². The lowest BCUT2D eigenvalue weighted by Gasteiger charge is -2.25. The van der Waals surface area contributed by atoms with Gasteiger partial charge in [-0.1, -0.05) is 6.92 Å². The Kier molecular flexibility index (Phi) is 4.51. The van der Waals surface area contributed by atoms with Crippen LogP contribution in [0.25, 0.3) is 0 Å². The predicted octanol–water partition coefficient (Wildman–Crippen LogP) is 0.744. The molecule has 1 atom stereocenters. The molecule has 0 aromatic carbocycles. The molecule has 17 heavy (non-hydrogen) atoms. The summed E-state index contributed by atoms with van der Waals surface area (Å²) < 4.78 is 0. The Hall–Kier alpha value is -1.10. The van der Waals surface area contributed by atoms with Gasteiger partial charge in [-0.2, -0.15) is 0 Å². The van der Waals surface area contributed by atoms with Gasteiger partial charge >= 0.3 is 5.97 Å². The number of carbonyl (C=O) groups excluding carboxylic acids is 1. The summed E-state index contributed by atoms with van der Waals surface area (Å²) >= 11 is 0. The van der Waals surface area contributed by atoms with Gasteiger partial charge in [-0.25, -0.2) is 0 Å². The molecule has 1 aliphatic carbocycles. The quantitative estimate of drug-likeness (QED) is 0.615. The molecule has 1 aliphatic rings. The third-order valence-electron chi connectivity index (χ3n) is 3.20. The number of aliphatic carboxylic acids is 1. The molecule has 1 amide bonds. The third kappa shape index (κ3) is 4.73. The van der Waals surface area contributed by atoms with E-state index >= 15 is 0 Å². The van der Waals surface area contributed by atoms with E-state index < -0.39 is 12.0 Å². The number of carboxylic acids is 1. The van der Waals surface area contributed by atoms with Gasteiger partial charge in [0.25, 0.3) is 0 Å². The van der Waals surface area contributed by atoms with Crippen molar-refractivity contribution in [3.63, 3.8) is 0 Å². The summed E-state index contributed by atoms with van der Waals surface area (Å²) in [5, 5.41) is 14.7. The molecule has 5 heteroatoms. The third-order valence-corrected chi connectivity index (χ3v) is 3.20. The molecule has 1 rings (SSSR count). The van der Waals surface area contributed by atoms with Crippen molar-refractivity contribution < 1.29 is 14.7 Å². The molecule has 0 heterocycles. The van der Waals surface area contributed by atoms with Gasteiger partial charge in [-0.3, -0.25) is 14.9 Å². The Bertz CT molecular complexity index is 298. The Morgan fingerprint density at radius 3 is 2.41 bits per heavy atom. The SMILES string of the molecule is CCC(C)(C)NC(=O)CNC(C(=O)O)C1CC1. The molecular weight excluding hydrogens is 220 g/mol. The lowest BCUT2D eigenvalue weighted by molar-refractivity contribution is -0.140. The minimum absolute atomic E-state index is 0.0664. The summed E-state index contributed by atoms with van der Waals surface area (Å²) in [4.78, 5) is 22.6. The molecule has 1 saturated carbocycles. The van der Waals surface area contributed by atoms with E-state index in [2.05, 4.69) is 10.6 Å². The van der Waals surface area contributed by atoms with Crippen LogP contribution in [0.1, 0.15) is 40.0 Å². The Balaban J connectivity index is 2.34. The fourth-order valence-corrected chi connectivity index (χ4v) is 1.60. The van der Waals surface area contributed by atoms with Gasteiger partial charge in [0.15, 0.2) is 0 Å². The standard InChI is InChI=1S/C12H22N2O3/c1-4-12(2,3)14-9(15)7-13-10(11(16)17)8-5-6-8/h8,10,13H,4-7H2,1-3H3,(H,14,15)(H,16,17). The van der Waals surface area contributed by atoms with E-state index in [4.69, 9.17) is 5.11 Å². The topological polar surface area (TPSA) is 78.4 Å². The van der Waals surface area contributed by atoms with Crippen LogP contribution in [0.4, 0.5) is 0 Å². The zero-order valence-electron chi connectivity index (χ0n) is 10.7. The van der Waals surface area contributed by atoms with Gasteiger partial charge in [0, 0.05) is 5.54 Å². The zero-order chi connectivity index (χ0) is 13.1. The van der Waals surface area contributed by atoms with Crippen LogP contribution in [0, 0.1) is 5.92 Å². The Labute approximate surface area is 102 Å². The van der Waals surface area contributed by atoms with Crippen LogP contribution in [0.3, 0.4) is 0 Å². The van der Waals surface area contributed by atoms with Gasteiger partial charge in [0.1, 0.15) is 6.04 Å². The van der Waals surface area contributed by atoms with Crippen LogP contribution in [-0.2, 0) is 9.59 Å². The summed E-state index contributed by atoms with van der Waals surface area (Å²) in [5.74, 6) is -0.821. The summed E-state index contributed by atoms with van der Waals surface area (Å²) in [7, 11) is 0.